The maximum atomic E-state index is 10.1. The van der Waals surface area contributed by atoms with Crippen molar-refractivity contribution in [3.8, 4) is 0 Å². The molecule has 2 N–H and O–H groups in total. The summed E-state index contributed by atoms with van der Waals surface area (Å²) in [5.74, 6) is 0.809. The second-order valence-electron chi connectivity index (χ2n) is 4.70. The van der Waals surface area contributed by atoms with Gasteiger partial charge in [0.25, 0.3) is 0 Å². The van der Waals surface area contributed by atoms with Gasteiger partial charge in [-0.3, -0.25) is 4.99 Å². The third kappa shape index (κ3) is 7.80. The monoisotopic (exact) mass is 457 g/mol. The number of hydrogen-bond donors (Lipinski definition) is 2. The second kappa shape index (κ2) is 12.2. The number of halogens is 2. The average Bonchev–Trinajstić information content (AvgIpc) is 2.90. The molecular weight excluding hydrogens is 433 g/mol. The minimum Gasteiger partial charge on any atom is -0.386 e. The molecule has 1 unspecified atom stereocenters. The van der Waals surface area contributed by atoms with Crippen LogP contribution in [0.25, 0.3) is 0 Å². The van der Waals surface area contributed by atoms with Crippen molar-refractivity contribution in [1.82, 2.24) is 10.2 Å². The number of nitrogens with one attached hydrogen (secondary N) is 1. The summed E-state index contributed by atoms with van der Waals surface area (Å²) >= 11 is 7.27. The Balaban J connectivity index is 0.00000441. The average molecular weight is 458 g/mol. The molecule has 7 heteroatoms. The summed E-state index contributed by atoms with van der Waals surface area (Å²) in [6, 6.07) is 3.63. The van der Waals surface area contributed by atoms with E-state index in [1.807, 2.05) is 26.1 Å². The zero-order valence-electron chi connectivity index (χ0n) is 13.1. The number of nitrogens with zero attached hydrogens (tertiary/aromatic N) is 2. The first kappa shape index (κ1) is 21.7. The highest BCUT2D eigenvalue weighted by Gasteiger charge is 2.11. The Kier molecular flexibility index (Phi) is 12.0. The van der Waals surface area contributed by atoms with Gasteiger partial charge in [0.1, 0.15) is 6.10 Å². The number of guanidine groups is 1. The van der Waals surface area contributed by atoms with Crippen molar-refractivity contribution in [2.45, 2.75) is 25.9 Å². The Labute approximate surface area is 159 Å². The molecule has 1 aromatic rings. The van der Waals surface area contributed by atoms with E-state index in [-0.39, 0.29) is 24.0 Å². The molecule has 1 atom stereocenters. The molecule has 126 valence electrons. The Hall–Kier alpha value is -0.310. The minimum absolute atomic E-state index is 0. The van der Waals surface area contributed by atoms with E-state index < -0.39 is 6.10 Å². The first-order valence-corrected chi connectivity index (χ1v) is 8.31. The SMILES string of the molecule is C=CCCCN(C)C(=NCC(O)c1ccc(Cl)s1)NCC.I. The highest BCUT2D eigenvalue weighted by atomic mass is 127. The van der Waals surface area contributed by atoms with Crippen LogP contribution in [0.1, 0.15) is 30.7 Å². The maximum Gasteiger partial charge on any atom is 0.193 e. The van der Waals surface area contributed by atoms with Gasteiger partial charge < -0.3 is 15.3 Å². The van der Waals surface area contributed by atoms with E-state index in [0.29, 0.717) is 10.9 Å². The standard InChI is InChI=1S/C15H24ClN3OS.HI/c1-4-6-7-10-19(3)15(17-5-2)18-11-12(20)13-8-9-14(16)21-13;/h4,8-9,12,20H,1,5-7,10-11H2,2-3H3,(H,17,18);1H. The van der Waals surface area contributed by atoms with E-state index >= 15 is 0 Å². The minimum atomic E-state index is -0.613. The van der Waals surface area contributed by atoms with Crippen molar-refractivity contribution in [1.29, 1.82) is 0 Å². The lowest BCUT2D eigenvalue weighted by molar-refractivity contribution is 0.190. The summed E-state index contributed by atoms with van der Waals surface area (Å²) in [6.45, 7) is 7.78. The van der Waals surface area contributed by atoms with Gasteiger partial charge in [-0.25, -0.2) is 0 Å². The number of unbranched alkanes of at least 4 members (excludes halogenated alkanes) is 1. The predicted molar refractivity (Wildman–Crippen MR) is 108 cm³/mol. The van der Waals surface area contributed by atoms with Crippen molar-refractivity contribution in [2.24, 2.45) is 4.99 Å². The van der Waals surface area contributed by atoms with Crippen LogP contribution >= 0.6 is 46.9 Å². The Bertz CT molecular complexity index is 467. The Morgan fingerprint density at radius 2 is 2.32 bits per heavy atom. The molecular formula is C15H25ClIN3OS. The van der Waals surface area contributed by atoms with Crippen LogP contribution in [0.3, 0.4) is 0 Å². The fourth-order valence-corrected chi connectivity index (χ4v) is 2.86. The Morgan fingerprint density at radius 3 is 2.86 bits per heavy atom. The van der Waals surface area contributed by atoms with Crippen molar-refractivity contribution in [3.05, 3.63) is 34.0 Å². The second-order valence-corrected chi connectivity index (χ2v) is 6.45. The summed E-state index contributed by atoms with van der Waals surface area (Å²) in [5.41, 5.74) is 0. The summed E-state index contributed by atoms with van der Waals surface area (Å²) in [4.78, 5) is 7.41. The molecule has 1 rings (SSSR count). The molecule has 0 saturated heterocycles. The van der Waals surface area contributed by atoms with Gasteiger partial charge in [-0.05, 0) is 31.9 Å². The largest absolute Gasteiger partial charge is 0.386 e. The summed E-state index contributed by atoms with van der Waals surface area (Å²) in [6.07, 6.45) is 3.33. The molecule has 0 aliphatic rings. The number of aliphatic imine (C=N–C) groups is 1. The van der Waals surface area contributed by atoms with Gasteiger partial charge in [0.15, 0.2) is 5.96 Å². The number of aliphatic hydroxyl groups excluding tert-OH is 1. The first-order valence-electron chi connectivity index (χ1n) is 7.12. The van der Waals surface area contributed by atoms with E-state index in [2.05, 4.69) is 21.8 Å². The van der Waals surface area contributed by atoms with E-state index in [0.717, 1.165) is 36.8 Å². The van der Waals surface area contributed by atoms with Crippen LogP contribution in [-0.4, -0.2) is 42.6 Å². The molecule has 0 amide bonds. The smallest absolute Gasteiger partial charge is 0.193 e. The van der Waals surface area contributed by atoms with E-state index in [9.17, 15) is 5.11 Å². The van der Waals surface area contributed by atoms with Gasteiger partial charge >= 0.3 is 0 Å². The van der Waals surface area contributed by atoms with Gasteiger partial charge in [-0.15, -0.1) is 41.9 Å². The molecule has 0 aliphatic carbocycles. The molecule has 0 aliphatic heterocycles. The molecule has 0 aromatic carbocycles. The van der Waals surface area contributed by atoms with Crippen LogP contribution in [0.2, 0.25) is 4.34 Å². The van der Waals surface area contributed by atoms with Gasteiger partial charge in [0.05, 0.1) is 10.9 Å². The van der Waals surface area contributed by atoms with Crippen molar-refractivity contribution < 1.29 is 5.11 Å². The zero-order valence-corrected chi connectivity index (χ0v) is 17.0. The molecule has 22 heavy (non-hydrogen) atoms. The van der Waals surface area contributed by atoms with Crippen molar-refractivity contribution in [3.63, 3.8) is 0 Å². The number of rotatable bonds is 8. The summed E-state index contributed by atoms with van der Waals surface area (Å²) < 4.78 is 0.682. The zero-order chi connectivity index (χ0) is 15.7. The molecule has 1 heterocycles. The van der Waals surface area contributed by atoms with Gasteiger partial charge in [0.2, 0.25) is 0 Å². The normalized spacial score (nSPS) is 12.5. The van der Waals surface area contributed by atoms with E-state index in [1.165, 1.54) is 11.3 Å². The van der Waals surface area contributed by atoms with Crippen LogP contribution in [0.5, 0.6) is 0 Å². The summed E-state index contributed by atoms with van der Waals surface area (Å²) in [5, 5.41) is 13.4. The third-order valence-electron chi connectivity index (χ3n) is 2.93. The van der Waals surface area contributed by atoms with Gasteiger partial charge in [-0.2, -0.15) is 0 Å². The van der Waals surface area contributed by atoms with Crippen LogP contribution in [0, 0.1) is 0 Å². The molecule has 0 bridgehead atoms. The summed E-state index contributed by atoms with van der Waals surface area (Å²) in [7, 11) is 2.00. The molecule has 4 nitrogen and oxygen atoms in total. The highest BCUT2D eigenvalue weighted by molar-refractivity contribution is 14.0. The predicted octanol–water partition coefficient (Wildman–Crippen LogP) is 3.92. The van der Waals surface area contributed by atoms with Crippen molar-refractivity contribution in [2.75, 3.05) is 26.7 Å². The highest BCUT2D eigenvalue weighted by Crippen LogP contribution is 2.26. The van der Waals surface area contributed by atoms with Crippen LogP contribution in [-0.2, 0) is 0 Å². The molecule has 0 spiro atoms. The lowest BCUT2D eigenvalue weighted by atomic mass is 10.3. The lowest BCUT2D eigenvalue weighted by Gasteiger charge is -2.22. The Morgan fingerprint density at radius 1 is 1.59 bits per heavy atom. The first-order chi connectivity index (χ1) is 10.1. The number of aliphatic hydroxyl groups is 1. The van der Waals surface area contributed by atoms with Crippen LogP contribution < -0.4 is 5.32 Å². The molecule has 1 aromatic heterocycles. The van der Waals surface area contributed by atoms with Gasteiger partial charge in [0, 0.05) is 25.0 Å². The fraction of sp³-hybridized carbons (Fsp3) is 0.533. The fourth-order valence-electron chi connectivity index (χ4n) is 1.82. The number of thiophene rings is 1. The number of allylic oxidation sites excluding steroid dienone is 1. The van der Waals surface area contributed by atoms with Crippen molar-refractivity contribution >= 4 is 52.9 Å². The van der Waals surface area contributed by atoms with Crippen LogP contribution in [0.15, 0.2) is 29.8 Å². The lowest BCUT2D eigenvalue weighted by Crippen LogP contribution is -2.39. The van der Waals surface area contributed by atoms with Crippen LogP contribution in [0.4, 0.5) is 0 Å². The van der Waals surface area contributed by atoms with Gasteiger partial charge in [-0.1, -0.05) is 17.7 Å². The molecule has 0 saturated carbocycles. The maximum absolute atomic E-state index is 10.1. The molecule has 0 radical (unpaired) electrons. The van der Waals surface area contributed by atoms with E-state index in [4.69, 9.17) is 11.6 Å². The van der Waals surface area contributed by atoms with E-state index in [1.54, 1.807) is 6.07 Å². The third-order valence-corrected chi connectivity index (χ3v) is 4.27. The topological polar surface area (TPSA) is 47.9 Å². The molecule has 0 fully saturated rings. The number of hydrogen-bond acceptors (Lipinski definition) is 3. The quantitative estimate of drug-likeness (QED) is 0.204.